The van der Waals surface area contributed by atoms with Crippen molar-refractivity contribution in [3.63, 3.8) is 0 Å². The lowest BCUT2D eigenvalue weighted by molar-refractivity contribution is -0.140. The van der Waals surface area contributed by atoms with Crippen molar-refractivity contribution < 1.29 is 34.6 Å². The van der Waals surface area contributed by atoms with Gasteiger partial charge in [-0.3, -0.25) is 4.79 Å². The van der Waals surface area contributed by atoms with E-state index in [1.807, 2.05) is 0 Å². The van der Waals surface area contributed by atoms with Crippen molar-refractivity contribution in [2.24, 2.45) is 0 Å². The van der Waals surface area contributed by atoms with Gasteiger partial charge in [-0.25, -0.2) is 9.48 Å². The Morgan fingerprint density at radius 2 is 2.04 bits per heavy atom. The predicted octanol–water partition coefficient (Wildman–Crippen LogP) is -1.62. The van der Waals surface area contributed by atoms with Crippen LogP contribution in [-0.2, 0) is 17.8 Å². The Bertz CT molecular complexity index is 855. The number of ether oxygens (including phenoxy) is 1. The van der Waals surface area contributed by atoms with Crippen LogP contribution < -0.4 is 4.74 Å². The first kappa shape index (κ1) is 19.6. The third-order valence-corrected chi connectivity index (χ3v) is 4.29. The fourth-order valence-electron chi connectivity index (χ4n) is 2.79. The van der Waals surface area contributed by atoms with E-state index in [4.69, 9.17) is 14.8 Å². The van der Waals surface area contributed by atoms with Crippen LogP contribution in [0.2, 0.25) is 6.32 Å². The van der Waals surface area contributed by atoms with Crippen LogP contribution in [0.1, 0.15) is 15.9 Å². The minimum atomic E-state index is -1.56. The summed E-state index contributed by atoms with van der Waals surface area (Å²) in [6.07, 6.45) is 0.950. The molecule has 148 valence electrons. The van der Waals surface area contributed by atoms with Gasteiger partial charge in [0.05, 0.1) is 13.1 Å². The molecule has 1 aromatic heterocycles. The molecule has 1 amide bonds. The molecule has 1 aliphatic rings. The quantitative estimate of drug-likeness (QED) is 0.383. The smallest absolute Gasteiger partial charge is 0.451 e. The number of likely N-dealkylation sites (tertiary alicyclic amines) is 1. The Labute approximate surface area is 159 Å². The molecule has 1 aliphatic heterocycles. The second-order valence-corrected chi connectivity index (χ2v) is 6.32. The van der Waals surface area contributed by atoms with E-state index in [0.29, 0.717) is 0 Å². The van der Waals surface area contributed by atoms with Crippen LogP contribution in [0.3, 0.4) is 0 Å². The number of aryl methyl sites for hydroxylation is 1. The molecular formula is C15H18BN5O7. The van der Waals surface area contributed by atoms with Crippen molar-refractivity contribution in [2.45, 2.75) is 25.4 Å². The molecule has 13 heteroatoms. The van der Waals surface area contributed by atoms with E-state index < -0.39 is 30.5 Å². The molecule has 2 aromatic rings. The second kappa shape index (κ2) is 8.23. The summed E-state index contributed by atoms with van der Waals surface area (Å²) >= 11 is 0. The van der Waals surface area contributed by atoms with E-state index in [0.717, 1.165) is 0 Å². The van der Waals surface area contributed by atoms with Gasteiger partial charge >= 0.3 is 13.1 Å². The summed E-state index contributed by atoms with van der Waals surface area (Å²) in [5.74, 6) is -2.07. The van der Waals surface area contributed by atoms with Gasteiger partial charge in [0.15, 0.2) is 0 Å². The number of hydrogen-bond acceptors (Lipinski definition) is 9. The van der Waals surface area contributed by atoms with Crippen molar-refractivity contribution in [3.05, 3.63) is 29.6 Å². The van der Waals surface area contributed by atoms with Crippen molar-refractivity contribution >= 4 is 19.0 Å². The Balaban J connectivity index is 1.62. The molecule has 2 heterocycles. The highest BCUT2D eigenvalue weighted by molar-refractivity contribution is 6.41. The van der Waals surface area contributed by atoms with E-state index in [9.17, 15) is 19.8 Å². The van der Waals surface area contributed by atoms with Crippen LogP contribution in [0.5, 0.6) is 11.5 Å². The molecule has 0 atom stereocenters. The third-order valence-electron chi connectivity index (χ3n) is 4.29. The minimum Gasteiger partial charge on any atom is -0.507 e. The van der Waals surface area contributed by atoms with E-state index in [-0.39, 0.29) is 49.6 Å². The van der Waals surface area contributed by atoms with Gasteiger partial charge in [0.1, 0.15) is 36.0 Å². The maximum Gasteiger partial charge on any atom is 0.451 e. The second-order valence-electron chi connectivity index (χ2n) is 6.32. The van der Waals surface area contributed by atoms with Crippen LogP contribution in [0.15, 0.2) is 18.5 Å². The van der Waals surface area contributed by atoms with Gasteiger partial charge in [-0.05, 0) is 34.8 Å². The molecule has 0 spiro atoms. The number of rotatable bonds is 8. The molecule has 0 bridgehead atoms. The van der Waals surface area contributed by atoms with Gasteiger partial charge in [0, 0.05) is 0 Å². The number of amides is 1. The number of carboxylic acids is 1. The van der Waals surface area contributed by atoms with Gasteiger partial charge in [0.2, 0.25) is 5.91 Å². The van der Waals surface area contributed by atoms with E-state index in [1.165, 1.54) is 28.0 Å². The highest BCUT2D eigenvalue weighted by atomic mass is 16.5. The van der Waals surface area contributed by atoms with Crippen molar-refractivity contribution in [3.8, 4) is 11.5 Å². The van der Waals surface area contributed by atoms with Gasteiger partial charge in [-0.1, -0.05) is 6.07 Å². The number of carbonyl (C=O) groups excluding carboxylic acids is 1. The first-order chi connectivity index (χ1) is 13.3. The summed E-state index contributed by atoms with van der Waals surface area (Å²) in [6.45, 7) is 0.519. The molecule has 3 rings (SSSR count). The average molecular weight is 391 g/mol. The molecule has 4 N–H and O–H groups in total. The molecule has 0 aliphatic carbocycles. The van der Waals surface area contributed by atoms with Crippen LogP contribution >= 0.6 is 0 Å². The van der Waals surface area contributed by atoms with Crippen LogP contribution in [0, 0.1) is 0 Å². The number of carbonyl (C=O) groups is 2. The van der Waals surface area contributed by atoms with E-state index in [2.05, 4.69) is 15.5 Å². The first-order valence-electron chi connectivity index (χ1n) is 8.44. The normalized spacial score (nSPS) is 13.9. The van der Waals surface area contributed by atoms with Crippen LogP contribution in [0.4, 0.5) is 0 Å². The monoisotopic (exact) mass is 391 g/mol. The van der Waals surface area contributed by atoms with Gasteiger partial charge in [0.25, 0.3) is 0 Å². The molecule has 1 saturated heterocycles. The first-order valence-corrected chi connectivity index (χ1v) is 8.44. The molecule has 0 radical (unpaired) electrons. The summed E-state index contributed by atoms with van der Waals surface area (Å²) in [4.78, 5) is 25.1. The van der Waals surface area contributed by atoms with Crippen molar-refractivity contribution in [1.82, 2.24) is 25.1 Å². The lowest BCUT2D eigenvalue weighted by atomic mass is 9.82. The fraction of sp³-hybridized carbons (Fsp3) is 0.400. The number of tetrazole rings is 1. The fourth-order valence-corrected chi connectivity index (χ4v) is 2.79. The zero-order valence-corrected chi connectivity index (χ0v) is 14.7. The number of hydrogen-bond donors (Lipinski definition) is 4. The maximum atomic E-state index is 12.1. The van der Waals surface area contributed by atoms with E-state index in [1.54, 1.807) is 0 Å². The number of phenols is 1. The predicted molar refractivity (Wildman–Crippen MR) is 92.6 cm³/mol. The Hall–Kier alpha value is -3.19. The molecule has 1 fully saturated rings. The molecule has 0 saturated carbocycles. The van der Waals surface area contributed by atoms with Crippen molar-refractivity contribution in [2.75, 3.05) is 13.1 Å². The van der Waals surface area contributed by atoms with Crippen LogP contribution in [0.25, 0.3) is 0 Å². The molecule has 12 nitrogen and oxygen atoms in total. The Morgan fingerprint density at radius 3 is 2.64 bits per heavy atom. The highest BCUT2D eigenvalue weighted by Crippen LogP contribution is 2.33. The number of aromatic nitrogens is 4. The summed E-state index contributed by atoms with van der Waals surface area (Å²) < 4.78 is 6.93. The van der Waals surface area contributed by atoms with E-state index >= 15 is 0 Å². The average Bonchev–Trinajstić information content (AvgIpc) is 3.09. The van der Waals surface area contributed by atoms with Gasteiger partial charge in [-0.2, -0.15) is 0 Å². The summed E-state index contributed by atoms with van der Waals surface area (Å²) in [5.41, 5.74) is -0.131. The summed E-state index contributed by atoms with van der Waals surface area (Å²) in [6, 6.07) is 2.88. The SMILES string of the molecule is O=C(O)c1c(OC2CN(C(=O)Cn3cnnn3)C2)ccc(CCB(O)O)c1O. The molecule has 1 aromatic carbocycles. The lowest BCUT2D eigenvalue weighted by Crippen LogP contribution is -2.57. The van der Waals surface area contributed by atoms with Gasteiger partial charge < -0.3 is 29.9 Å². The number of aromatic hydroxyl groups is 1. The number of benzene rings is 1. The maximum absolute atomic E-state index is 12.1. The minimum absolute atomic E-state index is 0.00765. The third kappa shape index (κ3) is 4.38. The largest absolute Gasteiger partial charge is 0.507 e. The van der Waals surface area contributed by atoms with Crippen molar-refractivity contribution in [1.29, 1.82) is 0 Å². The molecular weight excluding hydrogens is 373 g/mol. The summed E-state index contributed by atoms with van der Waals surface area (Å²) in [7, 11) is -1.56. The Kier molecular flexibility index (Phi) is 5.75. The number of carboxylic acid groups (broad SMARTS) is 1. The number of aromatic carboxylic acids is 1. The molecule has 0 unspecified atom stereocenters. The van der Waals surface area contributed by atoms with Gasteiger partial charge in [-0.15, -0.1) is 5.10 Å². The van der Waals surface area contributed by atoms with Crippen LogP contribution in [-0.4, -0.2) is 83.6 Å². The lowest BCUT2D eigenvalue weighted by Gasteiger charge is -2.39. The molecule has 28 heavy (non-hydrogen) atoms. The Morgan fingerprint density at radius 1 is 1.29 bits per heavy atom. The topological polar surface area (TPSA) is 171 Å². The highest BCUT2D eigenvalue weighted by Gasteiger charge is 2.34. The zero-order valence-electron chi connectivity index (χ0n) is 14.7. The number of nitrogens with zero attached hydrogens (tertiary/aromatic N) is 5. The standard InChI is InChI=1S/C15H18BN5O7/c22-12(7-21-8-17-18-19-21)20-5-10(6-20)28-11-2-1-9(3-4-16(26)27)14(23)13(11)15(24)25/h1-2,8,10,23,26-27H,3-7H2,(H,24,25). The zero-order chi connectivity index (χ0) is 20.3. The summed E-state index contributed by atoms with van der Waals surface area (Å²) in [5, 5.41) is 48.0.